The third kappa shape index (κ3) is 3.98. The van der Waals surface area contributed by atoms with E-state index in [1.54, 1.807) is 0 Å². The lowest BCUT2D eigenvalue weighted by atomic mass is 9.81. The first-order chi connectivity index (χ1) is 9.73. The molecule has 2 aliphatic rings. The van der Waals surface area contributed by atoms with Crippen LogP contribution in [0.3, 0.4) is 0 Å². The van der Waals surface area contributed by atoms with Crippen LogP contribution < -0.4 is 5.32 Å². The number of likely N-dealkylation sites (N-methyl/N-ethyl adjacent to an activating group) is 1. The van der Waals surface area contributed by atoms with E-state index in [0.29, 0.717) is 5.41 Å². The van der Waals surface area contributed by atoms with Crippen LogP contribution in [0.1, 0.15) is 72.1 Å². The lowest BCUT2D eigenvalue weighted by Crippen LogP contribution is -2.46. The zero-order valence-electron chi connectivity index (χ0n) is 14.1. The molecule has 1 atom stereocenters. The summed E-state index contributed by atoms with van der Waals surface area (Å²) in [7, 11) is 0. The van der Waals surface area contributed by atoms with Crippen molar-refractivity contribution in [2.24, 2.45) is 11.3 Å². The number of likely N-dealkylation sites (tertiary alicyclic amines) is 1. The van der Waals surface area contributed by atoms with Gasteiger partial charge in [0.15, 0.2) is 0 Å². The Morgan fingerprint density at radius 1 is 1.10 bits per heavy atom. The quantitative estimate of drug-likeness (QED) is 0.756. The van der Waals surface area contributed by atoms with Crippen LogP contribution in [-0.2, 0) is 0 Å². The Bertz CT molecular complexity index is 267. The summed E-state index contributed by atoms with van der Waals surface area (Å²) in [5.74, 6) is 0.932. The lowest BCUT2D eigenvalue weighted by Gasteiger charge is -2.34. The highest BCUT2D eigenvalue weighted by Gasteiger charge is 2.36. The van der Waals surface area contributed by atoms with E-state index in [4.69, 9.17) is 0 Å². The topological polar surface area (TPSA) is 15.3 Å². The van der Waals surface area contributed by atoms with Crippen LogP contribution in [0.25, 0.3) is 0 Å². The Hall–Kier alpha value is -0.0800. The van der Waals surface area contributed by atoms with Gasteiger partial charge in [0.2, 0.25) is 0 Å². The monoisotopic (exact) mass is 280 g/mol. The highest BCUT2D eigenvalue weighted by molar-refractivity contribution is 4.91. The van der Waals surface area contributed by atoms with Crippen molar-refractivity contribution in [3.05, 3.63) is 0 Å². The molecule has 1 saturated heterocycles. The Balaban J connectivity index is 1.88. The van der Waals surface area contributed by atoms with Crippen molar-refractivity contribution in [3.63, 3.8) is 0 Å². The number of nitrogens with one attached hydrogen (secondary N) is 1. The van der Waals surface area contributed by atoms with Crippen LogP contribution in [0.15, 0.2) is 0 Å². The third-order valence-corrected chi connectivity index (χ3v) is 6.16. The Morgan fingerprint density at radius 2 is 1.80 bits per heavy atom. The molecule has 1 heterocycles. The SMILES string of the molecule is CCNC(CN1CCC(CC)(CC)C1)C1CCCCC1. The van der Waals surface area contributed by atoms with Crippen molar-refractivity contribution in [2.45, 2.75) is 78.2 Å². The van der Waals surface area contributed by atoms with Gasteiger partial charge in [-0.25, -0.2) is 0 Å². The smallest absolute Gasteiger partial charge is 0.0223 e. The molecule has 2 nitrogen and oxygen atoms in total. The van der Waals surface area contributed by atoms with Crippen LogP contribution in [0, 0.1) is 11.3 Å². The molecule has 2 heteroatoms. The van der Waals surface area contributed by atoms with Gasteiger partial charge in [-0.2, -0.15) is 0 Å². The Labute approximate surface area is 126 Å². The van der Waals surface area contributed by atoms with Crippen molar-refractivity contribution >= 4 is 0 Å². The molecule has 0 bridgehead atoms. The standard InChI is InChI=1S/C18H36N2/c1-4-18(5-2)12-13-20(15-18)14-17(19-6-3)16-10-8-7-9-11-16/h16-17,19H,4-15H2,1-3H3. The summed E-state index contributed by atoms with van der Waals surface area (Å²) in [5.41, 5.74) is 0.628. The van der Waals surface area contributed by atoms with Gasteiger partial charge in [-0.15, -0.1) is 0 Å². The van der Waals surface area contributed by atoms with Gasteiger partial charge in [0, 0.05) is 19.1 Å². The number of hydrogen-bond donors (Lipinski definition) is 1. The van der Waals surface area contributed by atoms with Crippen LogP contribution in [0.4, 0.5) is 0 Å². The average Bonchev–Trinajstić information content (AvgIpc) is 2.92. The molecule has 0 aromatic heterocycles. The number of nitrogens with zero attached hydrogens (tertiary/aromatic N) is 1. The first-order valence-electron chi connectivity index (χ1n) is 9.18. The van der Waals surface area contributed by atoms with Gasteiger partial charge in [0.1, 0.15) is 0 Å². The highest BCUT2D eigenvalue weighted by atomic mass is 15.2. The fourth-order valence-corrected chi connectivity index (χ4v) is 4.47. The normalized spacial score (nSPS) is 25.9. The predicted octanol–water partition coefficient (Wildman–Crippen LogP) is 4.06. The molecule has 2 fully saturated rings. The van der Waals surface area contributed by atoms with Gasteiger partial charge in [0.25, 0.3) is 0 Å². The van der Waals surface area contributed by atoms with Crippen molar-refractivity contribution in [1.29, 1.82) is 0 Å². The molecule has 1 unspecified atom stereocenters. The molecule has 20 heavy (non-hydrogen) atoms. The van der Waals surface area contributed by atoms with Crippen LogP contribution in [-0.4, -0.2) is 37.1 Å². The summed E-state index contributed by atoms with van der Waals surface area (Å²) in [5, 5.41) is 3.80. The number of hydrogen-bond acceptors (Lipinski definition) is 2. The van der Waals surface area contributed by atoms with E-state index in [1.807, 2.05) is 0 Å². The molecule has 2 rings (SSSR count). The highest BCUT2D eigenvalue weighted by Crippen LogP contribution is 2.37. The van der Waals surface area contributed by atoms with Crippen molar-refractivity contribution < 1.29 is 0 Å². The molecule has 0 amide bonds. The summed E-state index contributed by atoms with van der Waals surface area (Å²) in [6.45, 7) is 12.1. The maximum absolute atomic E-state index is 3.80. The zero-order chi connectivity index (χ0) is 14.4. The molecule has 1 N–H and O–H groups in total. The minimum Gasteiger partial charge on any atom is -0.313 e. The van der Waals surface area contributed by atoms with Gasteiger partial charge < -0.3 is 10.2 Å². The first kappa shape index (κ1) is 16.3. The van der Waals surface area contributed by atoms with E-state index in [1.165, 1.54) is 71.0 Å². The summed E-state index contributed by atoms with van der Waals surface area (Å²) >= 11 is 0. The summed E-state index contributed by atoms with van der Waals surface area (Å²) in [6.07, 6.45) is 11.4. The minimum absolute atomic E-state index is 0.628. The minimum atomic E-state index is 0.628. The average molecular weight is 280 g/mol. The van der Waals surface area contributed by atoms with E-state index in [9.17, 15) is 0 Å². The van der Waals surface area contributed by atoms with E-state index < -0.39 is 0 Å². The molecular weight excluding hydrogens is 244 g/mol. The Kier molecular flexibility index (Phi) is 6.35. The van der Waals surface area contributed by atoms with Gasteiger partial charge in [0.05, 0.1) is 0 Å². The van der Waals surface area contributed by atoms with Crippen LogP contribution >= 0.6 is 0 Å². The van der Waals surface area contributed by atoms with Crippen molar-refractivity contribution in [3.8, 4) is 0 Å². The van der Waals surface area contributed by atoms with E-state index in [2.05, 4.69) is 31.0 Å². The maximum Gasteiger partial charge on any atom is 0.0223 e. The molecule has 1 saturated carbocycles. The summed E-state index contributed by atoms with van der Waals surface area (Å²) in [4.78, 5) is 2.76. The van der Waals surface area contributed by atoms with E-state index in [0.717, 1.165) is 18.5 Å². The fraction of sp³-hybridized carbons (Fsp3) is 1.00. The molecular formula is C18H36N2. The summed E-state index contributed by atoms with van der Waals surface area (Å²) < 4.78 is 0. The van der Waals surface area contributed by atoms with E-state index in [-0.39, 0.29) is 0 Å². The molecule has 1 aliphatic heterocycles. The molecule has 1 aliphatic carbocycles. The van der Waals surface area contributed by atoms with Crippen molar-refractivity contribution in [2.75, 3.05) is 26.2 Å². The van der Waals surface area contributed by atoms with Crippen LogP contribution in [0.5, 0.6) is 0 Å². The van der Waals surface area contributed by atoms with Gasteiger partial charge in [-0.05, 0) is 56.5 Å². The second-order valence-electron chi connectivity index (χ2n) is 7.25. The molecule has 0 aromatic carbocycles. The van der Waals surface area contributed by atoms with Crippen molar-refractivity contribution in [1.82, 2.24) is 10.2 Å². The fourth-order valence-electron chi connectivity index (χ4n) is 4.47. The largest absolute Gasteiger partial charge is 0.313 e. The van der Waals surface area contributed by atoms with Crippen LogP contribution in [0.2, 0.25) is 0 Å². The summed E-state index contributed by atoms with van der Waals surface area (Å²) in [6, 6.07) is 0.741. The zero-order valence-corrected chi connectivity index (χ0v) is 14.1. The molecule has 0 radical (unpaired) electrons. The molecule has 0 aromatic rings. The van der Waals surface area contributed by atoms with Gasteiger partial charge in [-0.3, -0.25) is 0 Å². The van der Waals surface area contributed by atoms with E-state index >= 15 is 0 Å². The molecule has 118 valence electrons. The van der Waals surface area contributed by atoms with Gasteiger partial charge >= 0.3 is 0 Å². The number of rotatable bonds is 7. The maximum atomic E-state index is 3.80. The Morgan fingerprint density at radius 3 is 2.35 bits per heavy atom. The third-order valence-electron chi connectivity index (χ3n) is 6.16. The first-order valence-corrected chi connectivity index (χ1v) is 9.18. The second-order valence-corrected chi connectivity index (χ2v) is 7.25. The second kappa shape index (κ2) is 7.79. The lowest BCUT2D eigenvalue weighted by molar-refractivity contribution is 0.184. The van der Waals surface area contributed by atoms with Gasteiger partial charge in [-0.1, -0.05) is 40.0 Å². The predicted molar refractivity (Wildman–Crippen MR) is 88.1 cm³/mol. The molecule has 0 spiro atoms.